The Labute approximate surface area is 210 Å². The number of hydrogen-bond acceptors (Lipinski definition) is 8. The van der Waals surface area contributed by atoms with E-state index < -0.39 is 0 Å². The number of alkyl carbamates (subject to hydrolysis) is 1. The molecule has 1 amide bonds. The van der Waals surface area contributed by atoms with Gasteiger partial charge in [0, 0.05) is 56.1 Å². The molecule has 0 aliphatic carbocycles. The van der Waals surface area contributed by atoms with Crippen molar-refractivity contribution < 1.29 is 19.0 Å². The number of carbonyl (C=O) groups excluding carboxylic acids is 1. The zero-order valence-electron chi connectivity index (χ0n) is 21.0. The maximum Gasteiger partial charge on any atom is 0.407 e. The molecule has 10 nitrogen and oxygen atoms in total. The Balaban J connectivity index is 1.43. The third-order valence-corrected chi connectivity index (χ3v) is 6.40. The third kappa shape index (κ3) is 5.69. The van der Waals surface area contributed by atoms with Crippen molar-refractivity contribution in [3.05, 3.63) is 42.4 Å². The molecule has 10 heteroatoms. The van der Waals surface area contributed by atoms with Crippen molar-refractivity contribution in [1.29, 1.82) is 5.26 Å². The van der Waals surface area contributed by atoms with E-state index in [0.29, 0.717) is 37.6 Å². The van der Waals surface area contributed by atoms with E-state index in [-0.39, 0.29) is 11.6 Å². The van der Waals surface area contributed by atoms with Crippen LogP contribution in [0.15, 0.2) is 36.8 Å². The first-order valence-electron chi connectivity index (χ1n) is 12.2. The Morgan fingerprint density at radius 2 is 2.06 bits per heavy atom. The van der Waals surface area contributed by atoms with E-state index in [1.807, 2.05) is 38.2 Å². The molecule has 1 aliphatic rings. The number of fused-ring (bicyclic) bond motifs is 1. The highest BCUT2D eigenvalue weighted by Gasteiger charge is 2.32. The number of amides is 1. The van der Waals surface area contributed by atoms with E-state index in [9.17, 15) is 10.1 Å². The van der Waals surface area contributed by atoms with Crippen molar-refractivity contribution in [2.24, 2.45) is 0 Å². The van der Waals surface area contributed by atoms with Gasteiger partial charge in [0.25, 0.3) is 0 Å². The van der Waals surface area contributed by atoms with Crippen LogP contribution in [0.4, 0.5) is 10.6 Å². The Morgan fingerprint density at radius 1 is 1.25 bits per heavy atom. The molecule has 3 aromatic rings. The van der Waals surface area contributed by atoms with Crippen LogP contribution < -0.4 is 15.0 Å². The van der Waals surface area contributed by atoms with E-state index in [1.54, 1.807) is 24.0 Å². The van der Waals surface area contributed by atoms with E-state index in [4.69, 9.17) is 19.2 Å². The molecule has 1 aliphatic heterocycles. The van der Waals surface area contributed by atoms with Crippen LogP contribution >= 0.6 is 0 Å². The predicted molar refractivity (Wildman–Crippen MR) is 135 cm³/mol. The molecular weight excluding hydrogens is 460 g/mol. The van der Waals surface area contributed by atoms with Gasteiger partial charge >= 0.3 is 6.09 Å². The Kier molecular flexibility index (Phi) is 7.90. The number of anilines is 1. The van der Waals surface area contributed by atoms with Gasteiger partial charge in [0.1, 0.15) is 17.6 Å². The summed E-state index contributed by atoms with van der Waals surface area (Å²) in [5.41, 5.74) is 2.62. The molecule has 190 valence electrons. The molecule has 0 aromatic carbocycles. The summed E-state index contributed by atoms with van der Waals surface area (Å²) in [4.78, 5) is 19.1. The summed E-state index contributed by atoms with van der Waals surface area (Å²) in [6, 6.07) is 8.13. The number of nitrogens with zero attached hydrogens (tertiary/aromatic N) is 5. The average molecular weight is 493 g/mol. The number of hydrogen-bond donors (Lipinski definition) is 1. The van der Waals surface area contributed by atoms with Gasteiger partial charge in [-0.15, -0.1) is 0 Å². The SMILES string of the molecule is CCOc1cc(-c2ccc(N3CCC(C)(NC(=O)OCCCOC)CC3)nc2)c2c(C#N)cnn2c1. The van der Waals surface area contributed by atoms with Crippen molar-refractivity contribution in [3.8, 4) is 22.9 Å². The van der Waals surface area contributed by atoms with Crippen LogP contribution in [-0.4, -0.2) is 66.3 Å². The smallest absolute Gasteiger partial charge is 0.407 e. The van der Waals surface area contributed by atoms with Gasteiger partial charge in [-0.3, -0.25) is 0 Å². The van der Waals surface area contributed by atoms with Crippen LogP contribution in [-0.2, 0) is 9.47 Å². The first kappa shape index (κ1) is 25.3. The molecule has 0 radical (unpaired) electrons. The molecule has 0 saturated carbocycles. The zero-order valence-corrected chi connectivity index (χ0v) is 21.0. The van der Waals surface area contributed by atoms with Gasteiger partial charge in [0.2, 0.25) is 0 Å². The lowest BCUT2D eigenvalue weighted by atomic mass is 9.90. The number of nitrogens with one attached hydrogen (secondary N) is 1. The van der Waals surface area contributed by atoms with Crippen LogP contribution in [0.25, 0.3) is 16.6 Å². The van der Waals surface area contributed by atoms with Crippen LogP contribution in [0, 0.1) is 11.3 Å². The molecule has 1 N–H and O–H groups in total. The van der Waals surface area contributed by atoms with Crippen molar-refractivity contribution in [3.63, 3.8) is 0 Å². The van der Waals surface area contributed by atoms with Crippen LogP contribution in [0.2, 0.25) is 0 Å². The maximum atomic E-state index is 12.2. The summed E-state index contributed by atoms with van der Waals surface area (Å²) in [7, 11) is 1.63. The first-order chi connectivity index (χ1) is 17.5. The van der Waals surface area contributed by atoms with Crippen molar-refractivity contribution in [2.75, 3.05) is 44.9 Å². The lowest BCUT2D eigenvalue weighted by molar-refractivity contribution is 0.113. The zero-order chi connectivity index (χ0) is 25.5. The predicted octanol–water partition coefficient (Wildman–Crippen LogP) is 3.79. The molecule has 0 spiro atoms. The molecule has 0 atom stereocenters. The van der Waals surface area contributed by atoms with Crippen LogP contribution in [0.5, 0.6) is 5.75 Å². The normalized spacial score (nSPS) is 14.9. The fraction of sp³-hybridized carbons (Fsp3) is 0.462. The van der Waals surface area contributed by atoms with Gasteiger partial charge in [0.05, 0.1) is 36.7 Å². The highest BCUT2D eigenvalue weighted by atomic mass is 16.5. The van der Waals surface area contributed by atoms with E-state index in [2.05, 4.69) is 21.4 Å². The van der Waals surface area contributed by atoms with Gasteiger partial charge in [-0.1, -0.05) is 0 Å². The number of aromatic nitrogens is 3. The summed E-state index contributed by atoms with van der Waals surface area (Å²) in [6.45, 7) is 6.93. The monoisotopic (exact) mass is 492 g/mol. The number of nitriles is 1. The standard InChI is InChI=1S/C26H32N6O4/c1-4-35-21-14-22(24-20(15-27)17-29-32(24)18-21)19-6-7-23(28-16-19)31-10-8-26(2,9-11-31)30-25(33)36-13-5-12-34-3/h6-7,14,16-18H,4-5,8-13H2,1-3H3,(H,30,33). The molecule has 1 saturated heterocycles. The van der Waals surface area contributed by atoms with Crippen molar-refractivity contribution >= 4 is 17.4 Å². The molecule has 36 heavy (non-hydrogen) atoms. The van der Waals surface area contributed by atoms with Gasteiger partial charge < -0.3 is 24.4 Å². The molecule has 0 bridgehead atoms. The van der Waals surface area contributed by atoms with E-state index in [0.717, 1.165) is 48.4 Å². The number of piperidine rings is 1. The Hall–Kier alpha value is -3.84. The maximum absolute atomic E-state index is 12.2. The summed E-state index contributed by atoms with van der Waals surface area (Å²) in [5.74, 6) is 1.55. The summed E-state index contributed by atoms with van der Waals surface area (Å²) >= 11 is 0. The molecule has 4 rings (SSSR count). The molecule has 0 unspecified atom stereocenters. The number of methoxy groups -OCH3 is 1. The second-order valence-electron chi connectivity index (χ2n) is 9.05. The molecule has 4 heterocycles. The number of carbonyl (C=O) groups is 1. The average Bonchev–Trinajstić information content (AvgIpc) is 3.30. The fourth-order valence-corrected chi connectivity index (χ4v) is 4.38. The van der Waals surface area contributed by atoms with Crippen LogP contribution in [0.3, 0.4) is 0 Å². The number of pyridine rings is 2. The minimum absolute atomic E-state index is 0.324. The second-order valence-corrected chi connectivity index (χ2v) is 9.05. The molecule has 3 aromatic heterocycles. The van der Waals surface area contributed by atoms with Gasteiger partial charge in [-0.25, -0.2) is 14.3 Å². The quantitative estimate of drug-likeness (QED) is 0.449. The summed E-state index contributed by atoms with van der Waals surface area (Å²) in [6.07, 6.45) is 7.00. The fourth-order valence-electron chi connectivity index (χ4n) is 4.38. The summed E-state index contributed by atoms with van der Waals surface area (Å²) < 4.78 is 17.6. The topological polar surface area (TPSA) is 114 Å². The van der Waals surface area contributed by atoms with Gasteiger partial charge in [-0.05, 0) is 44.9 Å². The minimum Gasteiger partial charge on any atom is -0.492 e. The Bertz CT molecular complexity index is 1230. The highest BCUT2D eigenvalue weighted by Crippen LogP contribution is 2.32. The van der Waals surface area contributed by atoms with Gasteiger partial charge in [0.15, 0.2) is 0 Å². The minimum atomic E-state index is -0.387. The van der Waals surface area contributed by atoms with E-state index >= 15 is 0 Å². The lowest BCUT2D eigenvalue weighted by Crippen LogP contribution is -2.53. The third-order valence-electron chi connectivity index (χ3n) is 6.40. The van der Waals surface area contributed by atoms with Gasteiger partial charge in [-0.2, -0.15) is 10.4 Å². The van der Waals surface area contributed by atoms with Crippen molar-refractivity contribution in [1.82, 2.24) is 19.9 Å². The molecule has 1 fully saturated rings. The molecular formula is C26H32N6O4. The van der Waals surface area contributed by atoms with E-state index in [1.165, 1.54) is 0 Å². The highest BCUT2D eigenvalue weighted by molar-refractivity contribution is 5.85. The largest absolute Gasteiger partial charge is 0.492 e. The summed E-state index contributed by atoms with van der Waals surface area (Å²) in [5, 5.41) is 16.9. The number of ether oxygens (including phenoxy) is 3. The van der Waals surface area contributed by atoms with Crippen LogP contribution in [0.1, 0.15) is 38.7 Å². The second kappa shape index (κ2) is 11.3. The lowest BCUT2D eigenvalue weighted by Gasteiger charge is -2.40. The first-order valence-corrected chi connectivity index (χ1v) is 12.2. The Morgan fingerprint density at radius 3 is 2.72 bits per heavy atom. The van der Waals surface area contributed by atoms with Crippen molar-refractivity contribution in [2.45, 2.75) is 38.6 Å². The number of rotatable bonds is 9.